The van der Waals surface area contributed by atoms with E-state index in [1.165, 1.54) is 12.8 Å². The Bertz CT molecular complexity index is 171. The summed E-state index contributed by atoms with van der Waals surface area (Å²) in [5, 5.41) is 0. The summed E-state index contributed by atoms with van der Waals surface area (Å²) >= 11 is 0. The van der Waals surface area contributed by atoms with Crippen molar-refractivity contribution in [3.8, 4) is 0 Å². The minimum absolute atomic E-state index is 0.650. The van der Waals surface area contributed by atoms with Gasteiger partial charge in [-0.2, -0.15) is 0 Å². The quantitative estimate of drug-likeness (QED) is 0.510. The second-order valence-electron chi connectivity index (χ2n) is 5.27. The van der Waals surface area contributed by atoms with E-state index in [-0.39, 0.29) is 0 Å². The standard InChI is InChI=1S/C15H30/c1-8-11(4)13(6)14(7)15(10-3)12(5)9-2/h9,11-15H,2,8,10H2,1,3-7H3. The molecule has 0 aliphatic rings. The van der Waals surface area contributed by atoms with Gasteiger partial charge in [-0.15, -0.1) is 6.58 Å². The van der Waals surface area contributed by atoms with Crippen LogP contribution in [0.5, 0.6) is 0 Å². The van der Waals surface area contributed by atoms with Gasteiger partial charge in [-0.25, -0.2) is 0 Å². The maximum atomic E-state index is 3.94. The van der Waals surface area contributed by atoms with Crippen molar-refractivity contribution in [3.05, 3.63) is 12.7 Å². The second kappa shape index (κ2) is 7.09. The lowest BCUT2D eigenvalue weighted by Crippen LogP contribution is -2.27. The maximum Gasteiger partial charge on any atom is -0.0234 e. The fourth-order valence-corrected chi connectivity index (χ4v) is 2.68. The minimum atomic E-state index is 0.650. The molecule has 0 aliphatic heterocycles. The van der Waals surface area contributed by atoms with Crippen LogP contribution in [0.4, 0.5) is 0 Å². The molecule has 0 aromatic heterocycles. The van der Waals surface area contributed by atoms with E-state index < -0.39 is 0 Å². The van der Waals surface area contributed by atoms with Gasteiger partial charge in [0.1, 0.15) is 0 Å². The van der Waals surface area contributed by atoms with E-state index in [0.29, 0.717) is 5.92 Å². The van der Waals surface area contributed by atoms with Crippen LogP contribution in [0, 0.1) is 29.6 Å². The van der Waals surface area contributed by atoms with E-state index in [1.54, 1.807) is 0 Å². The van der Waals surface area contributed by atoms with Crippen molar-refractivity contribution >= 4 is 0 Å². The summed E-state index contributed by atoms with van der Waals surface area (Å²) in [5.41, 5.74) is 0. The largest absolute Gasteiger partial charge is 0.103 e. The average molecular weight is 210 g/mol. The topological polar surface area (TPSA) is 0 Å². The van der Waals surface area contributed by atoms with Gasteiger partial charge in [-0.3, -0.25) is 0 Å². The zero-order chi connectivity index (χ0) is 12.0. The fourth-order valence-electron chi connectivity index (χ4n) is 2.68. The minimum Gasteiger partial charge on any atom is -0.103 e. The van der Waals surface area contributed by atoms with Gasteiger partial charge in [0, 0.05) is 0 Å². The molecule has 5 atom stereocenters. The van der Waals surface area contributed by atoms with Gasteiger partial charge < -0.3 is 0 Å². The molecule has 0 rings (SSSR count). The predicted molar refractivity (Wildman–Crippen MR) is 70.9 cm³/mol. The molecule has 0 spiro atoms. The van der Waals surface area contributed by atoms with E-state index in [4.69, 9.17) is 0 Å². The summed E-state index contributed by atoms with van der Waals surface area (Å²) in [6.45, 7) is 18.1. The highest BCUT2D eigenvalue weighted by Gasteiger charge is 2.27. The third kappa shape index (κ3) is 4.01. The van der Waals surface area contributed by atoms with Crippen LogP contribution in [-0.2, 0) is 0 Å². The first-order chi connectivity index (χ1) is 6.99. The highest BCUT2D eigenvalue weighted by atomic mass is 14.3. The number of hydrogen-bond donors (Lipinski definition) is 0. The molecule has 0 heteroatoms. The molecular formula is C15H30. The molecule has 0 aliphatic carbocycles. The monoisotopic (exact) mass is 210 g/mol. The molecule has 0 nitrogen and oxygen atoms in total. The van der Waals surface area contributed by atoms with E-state index in [9.17, 15) is 0 Å². The SMILES string of the molecule is C=CC(C)C(CC)C(C)C(C)C(C)CC. The zero-order valence-electron chi connectivity index (χ0n) is 11.6. The molecule has 0 bridgehead atoms. The molecular weight excluding hydrogens is 180 g/mol. The van der Waals surface area contributed by atoms with Crippen molar-refractivity contribution < 1.29 is 0 Å². The Labute approximate surface area is 97.2 Å². The van der Waals surface area contributed by atoms with Gasteiger partial charge >= 0.3 is 0 Å². The summed E-state index contributed by atoms with van der Waals surface area (Å²) in [7, 11) is 0. The van der Waals surface area contributed by atoms with Crippen molar-refractivity contribution in [2.45, 2.75) is 54.4 Å². The van der Waals surface area contributed by atoms with E-state index >= 15 is 0 Å². The molecule has 0 aromatic rings. The molecule has 0 saturated carbocycles. The molecule has 0 fully saturated rings. The Kier molecular flexibility index (Phi) is 6.96. The summed E-state index contributed by atoms with van der Waals surface area (Å²) < 4.78 is 0. The lowest BCUT2D eigenvalue weighted by atomic mass is 9.71. The van der Waals surface area contributed by atoms with Gasteiger partial charge in [0.2, 0.25) is 0 Å². The van der Waals surface area contributed by atoms with Gasteiger partial charge in [0.25, 0.3) is 0 Å². The molecule has 0 saturated heterocycles. The Hall–Kier alpha value is -0.260. The Morgan fingerprint density at radius 3 is 1.80 bits per heavy atom. The van der Waals surface area contributed by atoms with Crippen LogP contribution in [0.1, 0.15) is 54.4 Å². The van der Waals surface area contributed by atoms with Crippen molar-refractivity contribution in [1.82, 2.24) is 0 Å². The van der Waals surface area contributed by atoms with E-state index in [0.717, 1.165) is 23.7 Å². The van der Waals surface area contributed by atoms with Gasteiger partial charge in [0.05, 0.1) is 0 Å². The lowest BCUT2D eigenvalue weighted by Gasteiger charge is -2.34. The molecule has 5 unspecified atom stereocenters. The average Bonchev–Trinajstić information content (AvgIpc) is 2.27. The summed E-state index contributed by atoms with van der Waals surface area (Å²) in [6.07, 6.45) is 4.69. The van der Waals surface area contributed by atoms with Crippen LogP contribution in [0.2, 0.25) is 0 Å². The van der Waals surface area contributed by atoms with Crippen LogP contribution in [0.25, 0.3) is 0 Å². The Morgan fingerprint density at radius 1 is 0.933 bits per heavy atom. The van der Waals surface area contributed by atoms with Crippen molar-refractivity contribution in [2.75, 3.05) is 0 Å². The molecule has 0 radical (unpaired) electrons. The van der Waals surface area contributed by atoms with E-state index in [2.05, 4.69) is 54.2 Å². The molecule has 0 amide bonds. The Morgan fingerprint density at radius 2 is 1.47 bits per heavy atom. The first kappa shape index (κ1) is 14.7. The summed E-state index contributed by atoms with van der Waals surface area (Å²) in [5.74, 6) is 3.91. The van der Waals surface area contributed by atoms with Gasteiger partial charge in [0.15, 0.2) is 0 Å². The lowest BCUT2D eigenvalue weighted by molar-refractivity contribution is 0.166. The third-order valence-corrected chi connectivity index (χ3v) is 4.56. The maximum absolute atomic E-state index is 3.94. The molecule has 90 valence electrons. The molecule has 0 N–H and O–H groups in total. The van der Waals surface area contributed by atoms with Crippen LogP contribution in [0.15, 0.2) is 12.7 Å². The molecule has 15 heavy (non-hydrogen) atoms. The number of rotatable bonds is 7. The summed E-state index contributed by atoms with van der Waals surface area (Å²) in [6, 6.07) is 0. The molecule has 0 aromatic carbocycles. The zero-order valence-corrected chi connectivity index (χ0v) is 11.6. The van der Waals surface area contributed by atoms with Gasteiger partial charge in [-0.1, -0.05) is 60.5 Å². The third-order valence-electron chi connectivity index (χ3n) is 4.56. The smallest absolute Gasteiger partial charge is 0.0234 e. The Balaban J connectivity index is 4.49. The molecule has 0 heterocycles. The van der Waals surface area contributed by atoms with Crippen LogP contribution in [0.3, 0.4) is 0 Å². The van der Waals surface area contributed by atoms with E-state index in [1.807, 2.05) is 0 Å². The number of allylic oxidation sites excluding steroid dienone is 1. The highest BCUT2D eigenvalue weighted by molar-refractivity contribution is 4.85. The highest BCUT2D eigenvalue weighted by Crippen LogP contribution is 2.34. The van der Waals surface area contributed by atoms with Crippen LogP contribution >= 0.6 is 0 Å². The van der Waals surface area contributed by atoms with Crippen molar-refractivity contribution in [1.29, 1.82) is 0 Å². The first-order valence-corrected chi connectivity index (χ1v) is 6.62. The van der Waals surface area contributed by atoms with Crippen molar-refractivity contribution in [3.63, 3.8) is 0 Å². The normalized spacial score (nSPS) is 21.5. The first-order valence-electron chi connectivity index (χ1n) is 6.62. The van der Waals surface area contributed by atoms with Gasteiger partial charge in [-0.05, 0) is 29.6 Å². The summed E-state index contributed by atoms with van der Waals surface area (Å²) in [4.78, 5) is 0. The fraction of sp³-hybridized carbons (Fsp3) is 0.867. The van der Waals surface area contributed by atoms with Crippen molar-refractivity contribution in [2.24, 2.45) is 29.6 Å². The predicted octanol–water partition coefficient (Wildman–Crippen LogP) is 5.15. The second-order valence-corrected chi connectivity index (χ2v) is 5.27. The van der Waals surface area contributed by atoms with Crippen LogP contribution in [-0.4, -0.2) is 0 Å². The number of hydrogen-bond acceptors (Lipinski definition) is 0. The van der Waals surface area contributed by atoms with Crippen LogP contribution < -0.4 is 0 Å².